The van der Waals surface area contributed by atoms with Gasteiger partial charge in [-0.05, 0) is 73.6 Å². The van der Waals surface area contributed by atoms with E-state index in [0.717, 1.165) is 30.9 Å². The Balaban J connectivity index is 1.24. The first-order chi connectivity index (χ1) is 16.3. The molecule has 34 heavy (non-hydrogen) atoms. The number of carbonyl (C=O) groups excluding carboxylic acids is 1. The van der Waals surface area contributed by atoms with Gasteiger partial charge < -0.3 is 10.6 Å². The molecular weight excluding hydrogens is 443 g/mol. The average Bonchev–Trinajstić information content (AvgIpc) is 3.48. The number of amides is 1. The first kappa shape index (κ1) is 23.0. The second kappa shape index (κ2) is 9.09. The van der Waals surface area contributed by atoms with Crippen LogP contribution in [0.3, 0.4) is 0 Å². The van der Waals surface area contributed by atoms with Crippen LogP contribution in [0.4, 0.5) is 13.2 Å². The van der Waals surface area contributed by atoms with Gasteiger partial charge in [0.1, 0.15) is 6.04 Å². The number of aliphatic imine (C=N–C) groups is 3. The van der Waals surface area contributed by atoms with Crippen molar-refractivity contribution in [2.45, 2.75) is 50.2 Å². The highest BCUT2D eigenvalue weighted by atomic mass is 19.4. The molecule has 3 aliphatic heterocycles. The molecule has 1 amide bonds. The summed E-state index contributed by atoms with van der Waals surface area (Å²) in [4.78, 5) is 28.4. The van der Waals surface area contributed by atoms with Gasteiger partial charge in [0, 0.05) is 19.3 Å². The highest BCUT2D eigenvalue weighted by Crippen LogP contribution is 2.48. The predicted molar refractivity (Wildman–Crippen MR) is 125 cm³/mol. The number of rotatable bonds is 4. The number of hydrogen-bond acceptors (Lipinski definition) is 5. The third-order valence-corrected chi connectivity index (χ3v) is 7.37. The summed E-state index contributed by atoms with van der Waals surface area (Å²) in [6, 6.07) is 5.66. The standard InChI is InChI=1S/C25H28F3N5O/c26-25(27,28)20-6-2-1-5-19(20)16-10-17-13-33(14-18(17)11-16)24(34)23-31-21-7-3-4-15(8-9-29)12-30-22(21)32-23/h1-2,4-6,12,16-18,21H,3,7-11,13-14,29H2/b15-4-,30-12-/t16-,17-,18+,21?. The molecule has 9 heteroatoms. The summed E-state index contributed by atoms with van der Waals surface area (Å²) in [5.41, 5.74) is 6.55. The van der Waals surface area contributed by atoms with Crippen molar-refractivity contribution in [3.63, 3.8) is 0 Å². The number of benzene rings is 1. The van der Waals surface area contributed by atoms with Gasteiger partial charge in [0.2, 0.25) is 5.84 Å². The second-order valence-electron chi connectivity index (χ2n) is 9.58. The van der Waals surface area contributed by atoms with E-state index in [1.807, 2.05) is 0 Å². The normalized spacial score (nSPS) is 31.1. The van der Waals surface area contributed by atoms with Gasteiger partial charge in [0.15, 0.2) is 5.84 Å². The SMILES string of the molecule is NCCC1=C/CCC2N=C(C(=O)N3C[C@H]4C[C@@H](c5ccccc5C(F)(F)F)C[C@H]4C3)N=C2/N=C\1. The Morgan fingerprint density at radius 3 is 2.59 bits per heavy atom. The minimum Gasteiger partial charge on any atom is -0.335 e. The van der Waals surface area contributed by atoms with Crippen LogP contribution in [0.2, 0.25) is 0 Å². The van der Waals surface area contributed by atoms with Crippen LogP contribution in [0.1, 0.15) is 49.1 Å². The summed E-state index contributed by atoms with van der Waals surface area (Å²) in [5.74, 6) is 0.812. The van der Waals surface area contributed by atoms with Crippen LogP contribution >= 0.6 is 0 Å². The highest BCUT2D eigenvalue weighted by molar-refractivity contribution is 6.41. The van der Waals surface area contributed by atoms with Crippen molar-refractivity contribution >= 4 is 23.8 Å². The van der Waals surface area contributed by atoms with Crippen molar-refractivity contribution in [2.75, 3.05) is 19.6 Å². The first-order valence-electron chi connectivity index (χ1n) is 11.9. The molecule has 0 aromatic heterocycles. The van der Waals surface area contributed by atoms with Gasteiger partial charge in [-0.1, -0.05) is 24.3 Å². The van der Waals surface area contributed by atoms with Crippen LogP contribution in [0, 0.1) is 11.8 Å². The molecule has 0 spiro atoms. The van der Waals surface area contributed by atoms with Gasteiger partial charge in [-0.2, -0.15) is 13.2 Å². The van der Waals surface area contributed by atoms with Crippen LogP contribution in [0.5, 0.6) is 0 Å². The zero-order valence-corrected chi connectivity index (χ0v) is 18.8. The third kappa shape index (κ3) is 4.45. The molecule has 6 nitrogen and oxygen atoms in total. The summed E-state index contributed by atoms with van der Waals surface area (Å²) in [6.07, 6.45) is 3.15. The minimum absolute atomic E-state index is 0.130. The van der Waals surface area contributed by atoms with Gasteiger partial charge in [0.05, 0.1) is 5.56 Å². The van der Waals surface area contributed by atoms with Crippen LogP contribution in [0.15, 0.2) is 50.9 Å². The molecule has 4 atom stereocenters. The van der Waals surface area contributed by atoms with E-state index in [4.69, 9.17) is 5.73 Å². The zero-order valence-electron chi connectivity index (χ0n) is 18.8. The Kier molecular flexibility index (Phi) is 6.14. The van der Waals surface area contributed by atoms with E-state index in [1.165, 1.54) is 6.07 Å². The summed E-state index contributed by atoms with van der Waals surface area (Å²) in [5, 5.41) is 0. The second-order valence-corrected chi connectivity index (χ2v) is 9.58. The molecule has 180 valence electrons. The lowest BCUT2D eigenvalue weighted by Crippen LogP contribution is -2.34. The van der Waals surface area contributed by atoms with Crippen molar-refractivity contribution in [3.8, 4) is 0 Å². The quantitative estimate of drug-likeness (QED) is 0.721. The fraction of sp³-hybridized carbons (Fsp3) is 0.520. The molecule has 3 heterocycles. The van der Waals surface area contributed by atoms with Crippen molar-refractivity contribution in [1.82, 2.24) is 4.90 Å². The number of nitrogens with two attached hydrogens (primary N) is 1. The number of fused-ring (bicyclic) bond motifs is 2. The van der Waals surface area contributed by atoms with E-state index in [9.17, 15) is 18.0 Å². The lowest BCUT2D eigenvalue weighted by molar-refractivity contribution is -0.138. The topological polar surface area (TPSA) is 83.4 Å². The average molecular weight is 472 g/mol. The largest absolute Gasteiger partial charge is 0.416 e. The Labute approximate surface area is 196 Å². The van der Waals surface area contributed by atoms with E-state index in [2.05, 4.69) is 21.1 Å². The number of amidine groups is 2. The van der Waals surface area contributed by atoms with Gasteiger partial charge in [-0.15, -0.1) is 0 Å². The van der Waals surface area contributed by atoms with Gasteiger partial charge in [-0.25, -0.2) is 9.98 Å². The number of carbonyl (C=O) groups is 1. The number of alkyl halides is 3. The molecule has 1 saturated heterocycles. The molecule has 1 aromatic rings. The molecule has 0 radical (unpaired) electrons. The molecule has 1 saturated carbocycles. The molecule has 2 N–H and O–H groups in total. The first-order valence-corrected chi connectivity index (χ1v) is 11.9. The number of halogens is 3. The van der Waals surface area contributed by atoms with Crippen molar-refractivity contribution in [2.24, 2.45) is 32.5 Å². The Bertz CT molecular complexity index is 1080. The van der Waals surface area contributed by atoms with Gasteiger partial charge in [-0.3, -0.25) is 9.79 Å². The minimum atomic E-state index is -4.35. The summed E-state index contributed by atoms with van der Waals surface area (Å²) >= 11 is 0. The third-order valence-electron chi connectivity index (χ3n) is 7.37. The Hall–Kier alpha value is -2.81. The molecular formula is C25H28F3N5O. The smallest absolute Gasteiger partial charge is 0.335 e. The molecule has 1 unspecified atom stereocenters. The molecule has 0 bridgehead atoms. The molecule has 5 rings (SSSR count). The van der Waals surface area contributed by atoms with Gasteiger partial charge in [0.25, 0.3) is 5.91 Å². The summed E-state index contributed by atoms with van der Waals surface area (Å²) in [6.45, 7) is 1.62. The van der Waals surface area contributed by atoms with Crippen molar-refractivity contribution < 1.29 is 18.0 Å². The number of likely N-dealkylation sites (tertiary alicyclic amines) is 1. The fourth-order valence-corrected chi connectivity index (χ4v) is 5.76. The van der Waals surface area contributed by atoms with E-state index in [0.29, 0.717) is 43.9 Å². The molecule has 4 aliphatic rings. The summed E-state index contributed by atoms with van der Waals surface area (Å²) in [7, 11) is 0. The van der Waals surface area contributed by atoms with E-state index >= 15 is 0 Å². The molecule has 1 aromatic carbocycles. The van der Waals surface area contributed by atoms with E-state index in [-0.39, 0.29) is 35.5 Å². The van der Waals surface area contributed by atoms with Crippen molar-refractivity contribution in [3.05, 3.63) is 47.0 Å². The van der Waals surface area contributed by atoms with E-state index in [1.54, 1.807) is 23.2 Å². The van der Waals surface area contributed by atoms with Crippen LogP contribution in [-0.4, -0.2) is 54.4 Å². The van der Waals surface area contributed by atoms with Crippen molar-refractivity contribution in [1.29, 1.82) is 0 Å². The van der Waals surface area contributed by atoms with Crippen LogP contribution < -0.4 is 5.73 Å². The van der Waals surface area contributed by atoms with Gasteiger partial charge >= 0.3 is 6.18 Å². The lowest BCUT2D eigenvalue weighted by atomic mass is 9.91. The Morgan fingerprint density at radius 2 is 1.88 bits per heavy atom. The lowest BCUT2D eigenvalue weighted by Gasteiger charge is -2.21. The van der Waals surface area contributed by atoms with Crippen LogP contribution in [0.25, 0.3) is 0 Å². The Morgan fingerprint density at radius 1 is 1.15 bits per heavy atom. The number of hydrogen-bond donors (Lipinski definition) is 1. The zero-order chi connectivity index (χ0) is 23.9. The molecule has 1 aliphatic carbocycles. The maximum absolute atomic E-state index is 13.5. The maximum atomic E-state index is 13.5. The monoisotopic (exact) mass is 471 g/mol. The summed E-state index contributed by atoms with van der Waals surface area (Å²) < 4.78 is 40.4. The number of allylic oxidation sites excluding steroid dienone is 1. The van der Waals surface area contributed by atoms with E-state index < -0.39 is 11.7 Å². The molecule has 2 fully saturated rings. The predicted octanol–water partition coefficient (Wildman–Crippen LogP) is 3.98. The maximum Gasteiger partial charge on any atom is 0.416 e. The fourth-order valence-electron chi connectivity index (χ4n) is 5.76. The van der Waals surface area contributed by atoms with Crippen LogP contribution in [-0.2, 0) is 11.0 Å². The highest BCUT2D eigenvalue weighted by Gasteiger charge is 2.46. The number of nitrogens with zero attached hydrogens (tertiary/aromatic N) is 4.